The molecule has 0 saturated carbocycles. The van der Waals surface area contributed by atoms with Crippen molar-refractivity contribution in [3.05, 3.63) is 24.3 Å². The Bertz CT molecular complexity index is 529. The van der Waals surface area contributed by atoms with Crippen molar-refractivity contribution in [1.82, 2.24) is 9.97 Å². The van der Waals surface area contributed by atoms with Crippen LogP contribution < -0.4 is 11.1 Å². The number of hydrogen-bond acceptors (Lipinski definition) is 5. The Morgan fingerprint density at radius 2 is 1.94 bits per heavy atom. The molecule has 0 aliphatic rings. The number of anilines is 2. The predicted molar refractivity (Wildman–Crippen MR) is 73.4 cm³/mol. The van der Waals surface area contributed by atoms with Crippen molar-refractivity contribution < 1.29 is 5.11 Å². The van der Waals surface area contributed by atoms with Gasteiger partial charge >= 0.3 is 0 Å². The first kappa shape index (κ1) is 12.6. The summed E-state index contributed by atoms with van der Waals surface area (Å²) in [6.07, 6.45) is 1.14. The molecule has 1 unspecified atom stereocenters. The quantitative estimate of drug-likeness (QED) is 0.749. The van der Waals surface area contributed by atoms with Crippen LogP contribution in [0, 0.1) is 0 Å². The fourth-order valence-electron chi connectivity index (χ4n) is 1.71. The standard InChI is InChI=1S/C13H18N4O/c1-2-9(18)7-8-15-13-12(14)16-10-5-3-4-6-11(10)17-13/h3-6,9,18H,2,7-8H2,1H3,(H2,14,16)(H,15,17). The molecule has 2 aromatic rings. The van der Waals surface area contributed by atoms with Gasteiger partial charge in [-0.2, -0.15) is 0 Å². The van der Waals surface area contributed by atoms with Crippen molar-refractivity contribution in [3.63, 3.8) is 0 Å². The molecular formula is C13H18N4O. The van der Waals surface area contributed by atoms with Gasteiger partial charge in [-0.05, 0) is 25.0 Å². The van der Waals surface area contributed by atoms with Gasteiger partial charge in [0, 0.05) is 6.54 Å². The van der Waals surface area contributed by atoms with Crippen molar-refractivity contribution in [2.75, 3.05) is 17.6 Å². The summed E-state index contributed by atoms with van der Waals surface area (Å²) in [6.45, 7) is 2.58. The number of aliphatic hydroxyl groups excluding tert-OH is 1. The van der Waals surface area contributed by atoms with Gasteiger partial charge in [-0.1, -0.05) is 19.1 Å². The Labute approximate surface area is 106 Å². The first-order valence-electron chi connectivity index (χ1n) is 6.15. The van der Waals surface area contributed by atoms with Crippen LogP contribution in [0.5, 0.6) is 0 Å². The zero-order chi connectivity index (χ0) is 13.0. The van der Waals surface area contributed by atoms with Crippen LogP contribution >= 0.6 is 0 Å². The van der Waals surface area contributed by atoms with E-state index in [1.54, 1.807) is 0 Å². The van der Waals surface area contributed by atoms with Gasteiger partial charge in [-0.15, -0.1) is 0 Å². The molecule has 1 heterocycles. The summed E-state index contributed by atoms with van der Waals surface area (Å²) in [5.41, 5.74) is 7.43. The molecule has 0 fully saturated rings. The minimum absolute atomic E-state index is 0.285. The molecule has 4 N–H and O–H groups in total. The van der Waals surface area contributed by atoms with E-state index in [4.69, 9.17) is 5.73 Å². The minimum Gasteiger partial charge on any atom is -0.393 e. The van der Waals surface area contributed by atoms with Crippen LogP contribution in [0.1, 0.15) is 19.8 Å². The number of rotatable bonds is 5. The topological polar surface area (TPSA) is 84.1 Å². The lowest BCUT2D eigenvalue weighted by atomic mass is 10.2. The molecule has 1 aromatic heterocycles. The average molecular weight is 246 g/mol. The maximum Gasteiger partial charge on any atom is 0.169 e. The monoisotopic (exact) mass is 246 g/mol. The second kappa shape index (κ2) is 5.64. The molecule has 1 atom stereocenters. The first-order chi connectivity index (χ1) is 8.70. The van der Waals surface area contributed by atoms with Crippen LogP contribution in [0.3, 0.4) is 0 Å². The number of nitrogens with zero attached hydrogens (tertiary/aromatic N) is 2. The van der Waals surface area contributed by atoms with Crippen LogP contribution in [0.15, 0.2) is 24.3 Å². The second-order valence-corrected chi connectivity index (χ2v) is 4.22. The van der Waals surface area contributed by atoms with Gasteiger partial charge < -0.3 is 16.2 Å². The number of aromatic nitrogens is 2. The van der Waals surface area contributed by atoms with E-state index >= 15 is 0 Å². The van der Waals surface area contributed by atoms with E-state index in [-0.39, 0.29) is 6.10 Å². The van der Waals surface area contributed by atoms with Gasteiger partial charge in [0.2, 0.25) is 0 Å². The lowest BCUT2D eigenvalue weighted by Gasteiger charge is -2.11. The van der Waals surface area contributed by atoms with E-state index in [9.17, 15) is 5.11 Å². The molecule has 0 amide bonds. The van der Waals surface area contributed by atoms with E-state index in [0.29, 0.717) is 24.6 Å². The van der Waals surface area contributed by atoms with Crippen molar-refractivity contribution in [3.8, 4) is 0 Å². The van der Waals surface area contributed by atoms with Crippen LogP contribution in [0.25, 0.3) is 11.0 Å². The average Bonchev–Trinajstić information content (AvgIpc) is 2.39. The number of nitrogens with two attached hydrogens (primary N) is 1. The largest absolute Gasteiger partial charge is 0.393 e. The molecule has 0 bridgehead atoms. The fourth-order valence-corrected chi connectivity index (χ4v) is 1.71. The number of nitrogens with one attached hydrogen (secondary N) is 1. The number of benzene rings is 1. The number of fused-ring (bicyclic) bond motifs is 1. The second-order valence-electron chi connectivity index (χ2n) is 4.22. The summed E-state index contributed by atoms with van der Waals surface area (Å²) in [6, 6.07) is 7.59. The molecule has 5 heteroatoms. The van der Waals surface area contributed by atoms with Crippen LogP contribution in [0.2, 0.25) is 0 Å². The van der Waals surface area contributed by atoms with E-state index in [1.165, 1.54) is 0 Å². The molecule has 0 spiro atoms. The Morgan fingerprint density at radius 1 is 1.28 bits per heavy atom. The minimum atomic E-state index is -0.285. The van der Waals surface area contributed by atoms with E-state index in [0.717, 1.165) is 17.5 Å². The lowest BCUT2D eigenvalue weighted by Crippen LogP contribution is -2.14. The lowest BCUT2D eigenvalue weighted by molar-refractivity contribution is 0.164. The molecule has 18 heavy (non-hydrogen) atoms. The maximum atomic E-state index is 9.47. The Kier molecular flexibility index (Phi) is 3.94. The van der Waals surface area contributed by atoms with Gasteiger partial charge in [-0.3, -0.25) is 0 Å². The van der Waals surface area contributed by atoms with Gasteiger partial charge in [0.05, 0.1) is 17.1 Å². The number of para-hydroxylation sites is 2. The molecule has 96 valence electrons. The van der Waals surface area contributed by atoms with E-state index < -0.39 is 0 Å². The van der Waals surface area contributed by atoms with Crippen molar-refractivity contribution in [2.45, 2.75) is 25.9 Å². The van der Waals surface area contributed by atoms with Crippen molar-refractivity contribution >= 4 is 22.7 Å². The van der Waals surface area contributed by atoms with Crippen LogP contribution in [0.4, 0.5) is 11.6 Å². The summed E-state index contributed by atoms with van der Waals surface area (Å²) < 4.78 is 0. The Balaban J connectivity index is 2.10. The normalized spacial score (nSPS) is 12.6. The highest BCUT2D eigenvalue weighted by Gasteiger charge is 2.06. The number of nitrogen functional groups attached to an aromatic ring is 1. The fraction of sp³-hybridized carbons (Fsp3) is 0.385. The molecular weight excluding hydrogens is 228 g/mol. The summed E-state index contributed by atoms with van der Waals surface area (Å²) >= 11 is 0. The Morgan fingerprint density at radius 3 is 2.61 bits per heavy atom. The summed E-state index contributed by atoms with van der Waals surface area (Å²) in [5, 5.41) is 12.6. The highest BCUT2D eigenvalue weighted by Crippen LogP contribution is 2.18. The van der Waals surface area contributed by atoms with Crippen molar-refractivity contribution in [2.24, 2.45) is 0 Å². The third-order valence-electron chi connectivity index (χ3n) is 2.84. The highest BCUT2D eigenvalue weighted by molar-refractivity contribution is 5.79. The SMILES string of the molecule is CCC(O)CCNc1nc2ccccc2nc1N. The predicted octanol–water partition coefficient (Wildman–Crippen LogP) is 1.78. The number of aliphatic hydroxyl groups is 1. The third-order valence-corrected chi connectivity index (χ3v) is 2.84. The van der Waals surface area contributed by atoms with Gasteiger partial charge in [-0.25, -0.2) is 9.97 Å². The van der Waals surface area contributed by atoms with E-state index in [1.807, 2.05) is 31.2 Å². The van der Waals surface area contributed by atoms with Crippen molar-refractivity contribution in [1.29, 1.82) is 0 Å². The van der Waals surface area contributed by atoms with Crippen LogP contribution in [-0.4, -0.2) is 27.7 Å². The van der Waals surface area contributed by atoms with E-state index in [2.05, 4.69) is 15.3 Å². The van der Waals surface area contributed by atoms with Gasteiger partial charge in [0.25, 0.3) is 0 Å². The zero-order valence-corrected chi connectivity index (χ0v) is 10.4. The third kappa shape index (κ3) is 2.87. The molecule has 0 aliphatic heterocycles. The zero-order valence-electron chi connectivity index (χ0n) is 10.4. The first-order valence-corrected chi connectivity index (χ1v) is 6.15. The van der Waals surface area contributed by atoms with Crippen LogP contribution in [-0.2, 0) is 0 Å². The molecule has 0 aliphatic carbocycles. The summed E-state index contributed by atoms with van der Waals surface area (Å²) in [7, 11) is 0. The smallest absolute Gasteiger partial charge is 0.169 e. The molecule has 0 radical (unpaired) electrons. The maximum absolute atomic E-state index is 9.47. The molecule has 1 aromatic carbocycles. The van der Waals surface area contributed by atoms with Gasteiger partial charge in [0.15, 0.2) is 11.6 Å². The molecule has 0 saturated heterocycles. The Hall–Kier alpha value is -1.88. The summed E-state index contributed by atoms with van der Waals surface area (Å²) in [4.78, 5) is 8.70. The van der Waals surface area contributed by atoms with Gasteiger partial charge in [0.1, 0.15) is 0 Å². The number of hydrogen-bond donors (Lipinski definition) is 3. The molecule has 5 nitrogen and oxygen atoms in total. The summed E-state index contributed by atoms with van der Waals surface area (Å²) in [5.74, 6) is 0.969. The highest BCUT2D eigenvalue weighted by atomic mass is 16.3. The molecule has 2 rings (SSSR count).